The van der Waals surface area contributed by atoms with Gasteiger partial charge in [0.25, 0.3) is 0 Å². The molecular formula is C22H43N7O11. The lowest BCUT2D eigenvalue weighted by Gasteiger charge is -2.51. The van der Waals surface area contributed by atoms with E-state index in [0.29, 0.717) is 0 Å². The number of aliphatic hydroxyl groups excluding tert-OH is 6. The van der Waals surface area contributed by atoms with Crippen LogP contribution in [-0.4, -0.2) is 154 Å². The molecule has 0 bridgehead atoms. The van der Waals surface area contributed by atoms with Crippen LogP contribution >= 0.6 is 0 Å². The van der Waals surface area contributed by atoms with Crippen LogP contribution in [0.5, 0.6) is 0 Å². The summed E-state index contributed by atoms with van der Waals surface area (Å²) in [5.41, 5.74) is 29.0. The van der Waals surface area contributed by atoms with Crippen LogP contribution in [0.15, 0.2) is 4.99 Å². The standard InChI is InChI=1S/C22H43N7O11/c1-28-11-14(33)18-8(3-7(25)19(39-18)38-17-6(24)2-5(23)12(31)15(17)34)36-20(11)40-21-16(35)13(32)10(29-22(26)27)9(4-30)37-21/h5-21,28,30-35H,2-4,23-25H2,1H3,(H4,26,27,29)/t5-,6?,7?,8+,9?,10-,11?,12?,13+,14?,15-,16?,17-,18?,19+,20?,21-/m1/s1. The lowest BCUT2D eigenvalue weighted by molar-refractivity contribution is -0.373. The molecule has 0 spiro atoms. The van der Waals surface area contributed by atoms with Gasteiger partial charge in [-0.1, -0.05) is 0 Å². The average molecular weight is 582 g/mol. The van der Waals surface area contributed by atoms with Crippen LogP contribution in [0.25, 0.3) is 0 Å². The Labute approximate surface area is 230 Å². The molecule has 0 aromatic heterocycles. The summed E-state index contributed by atoms with van der Waals surface area (Å²) in [6, 6.07) is -4.26. The van der Waals surface area contributed by atoms with Crippen molar-refractivity contribution in [2.24, 2.45) is 33.7 Å². The van der Waals surface area contributed by atoms with Gasteiger partial charge in [0.1, 0.15) is 48.8 Å². The number of hydrogen-bond acceptors (Lipinski definition) is 16. The molecular weight excluding hydrogens is 538 g/mol. The number of nitrogens with two attached hydrogens (primary N) is 5. The van der Waals surface area contributed by atoms with E-state index in [1.54, 1.807) is 0 Å². The number of ether oxygens (including phenoxy) is 5. The maximum atomic E-state index is 11.2. The van der Waals surface area contributed by atoms with E-state index in [2.05, 4.69) is 10.3 Å². The molecule has 17 atom stereocenters. The van der Waals surface area contributed by atoms with Crippen molar-refractivity contribution in [3.8, 4) is 0 Å². The highest BCUT2D eigenvalue weighted by atomic mass is 16.8. The number of nitrogens with zero attached hydrogens (tertiary/aromatic N) is 1. The molecule has 0 amide bonds. The van der Waals surface area contributed by atoms with Gasteiger partial charge >= 0.3 is 0 Å². The number of fused-ring (bicyclic) bond motifs is 1. The van der Waals surface area contributed by atoms with Gasteiger partial charge in [-0.2, -0.15) is 0 Å². The number of rotatable bonds is 7. The Kier molecular flexibility index (Phi) is 10.2. The molecule has 4 rings (SSSR count). The molecule has 18 heteroatoms. The van der Waals surface area contributed by atoms with E-state index in [4.69, 9.17) is 52.4 Å². The first-order chi connectivity index (χ1) is 18.9. The fourth-order valence-corrected chi connectivity index (χ4v) is 5.74. The molecule has 3 saturated heterocycles. The Bertz CT molecular complexity index is 871. The van der Waals surface area contributed by atoms with Crippen molar-refractivity contribution < 1.29 is 54.3 Å². The minimum atomic E-state index is -1.64. The maximum Gasteiger partial charge on any atom is 0.189 e. The highest BCUT2D eigenvalue weighted by Crippen LogP contribution is 2.35. The van der Waals surface area contributed by atoms with E-state index in [1.165, 1.54) is 7.05 Å². The van der Waals surface area contributed by atoms with Crippen molar-refractivity contribution in [3.63, 3.8) is 0 Å². The molecule has 17 N–H and O–H groups in total. The van der Waals surface area contributed by atoms with E-state index in [0.717, 1.165) is 0 Å². The summed E-state index contributed by atoms with van der Waals surface area (Å²) in [6.07, 6.45) is -14.4. The third-order valence-electron chi connectivity index (χ3n) is 7.95. The second-order valence-electron chi connectivity index (χ2n) is 10.7. The second-order valence-corrected chi connectivity index (χ2v) is 10.7. The molecule has 1 aliphatic carbocycles. The van der Waals surface area contributed by atoms with E-state index in [9.17, 15) is 30.6 Å². The van der Waals surface area contributed by atoms with E-state index >= 15 is 0 Å². The van der Waals surface area contributed by atoms with Crippen molar-refractivity contribution in [3.05, 3.63) is 0 Å². The molecule has 0 aromatic rings. The number of likely N-dealkylation sites (N-methyl/N-ethyl adjacent to an activating group) is 1. The number of nitrogens with one attached hydrogen (secondary N) is 1. The zero-order valence-electron chi connectivity index (χ0n) is 22.0. The van der Waals surface area contributed by atoms with Crippen molar-refractivity contribution in [1.29, 1.82) is 0 Å². The van der Waals surface area contributed by atoms with Gasteiger partial charge in [0.15, 0.2) is 24.8 Å². The molecule has 18 nitrogen and oxygen atoms in total. The molecule has 4 fully saturated rings. The van der Waals surface area contributed by atoms with Crippen LogP contribution in [0.3, 0.4) is 0 Å². The van der Waals surface area contributed by atoms with E-state index < -0.39 is 111 Å². The summed E-state index contributed by atoms with van der Waals surface area (Å²) in [5, 5.41) is 65.7. The predicted octanol–water partition coefficient (Wildman–Crippen LogP) is -7.63. The first-order valence-electron chi connectivity index (χ1n) is 13.2. The topological polar surface area (TPSA) is 322 Å². The van der Waals surface area contributed by atoms with Crippen LogP contribution in [0.2, 0.25) is 0 Å². The molecule has 1 saturated carbocycles. The Balaban J connectivity index is 1.44. The van der Waals surface area contributed by atoms with Crippen molar-refractivity contribution in [1.82, 2.24) is 5.32 Å². The van der Waals surface area contributed by atoms with Gasteiger partial charge in [0.05, 0.1) is 30.9 Å². The highest BCUT2D eigenvalue weighted by molar-refractivity contribution is 5.76. The predicted molar refractivity (Wildman–Crippen MR) is 135 cm³/mol. The summed E-state index contributed by atoms with van der Waals surface area (Å²) < 4.78 is 29.4. The molecule has 232 valence electrons. The van der Waals surface area contributed by atoms with Gasteiger partial charge in [-0.15, -0.1) is 0 Å². The Morgan fingerprint density at radius 1 is 0.800 bits per heavy atom. The highest BCUT2D eigenvalue weighted by Gasteiger charge is 2.54. The molecule has 0 radical (unpaired) electrons. The third kappa shape index (κ3) is 6.21. The molecule has 3 aliphatic heterocycles. The number of hydrogen-bond donors (Lipinski definition) is 12. The zero-order valence-corrected chi connectivity index (χ0v) is 22.0. The van der Waals surface area contributed by atoms with Gasteiger partial charge in [-0.25, -0.2) is 4.99 Å². The van der Waals surface area contributed by atoms with E-state index in [-0.39, 0.29) is 18.8 Å². The van der Waals surface area contributed by atoms with Gasteiger partial charge in [-0.3, -0.25) is 0 Å². The minimum absolute atomic E-state index is 0.130. The first kappa shape index (κ1) is 31.6. The molecule has 40 heavy (non-hydrogen) atoms. The van der Waals surface area contributed by atoms with Crippen LogP contribution in [-0.2, 0) is 23.7 Å². The summed E-state index contributed by atoms with van der Waals surface area (Å²) in [6.45, 7) is -0.591. The van der Waals surface area contributed by atoms with Crippen LogP contribution in [0.4, 0.5) is 0 Å². The summed E-state index contributed by atoms with van der Waals surface area (Å²) in [5.74, 6) is -0.367. The molecule has 0 aromatic carbocycles. The van der Waals surface area contributed by atoms with Crippen molar-refractivity contribution in [2.75, 3.05) is 13.7 Å². The normalized spacial score (nSPS) is 51.6. The fraction of sp³-hybridized carbons (Fsp3) is 0.955. The minimum Gasteiger partial charge on any atom is -0.394 e. The Hall–Kier alpha value is -1.33. The molecule has 9 unspecified atom stereocenters. The quantitative estimate of drug-likeness (QED) is 0.0980. The number of aliphatic hydroxyl groups is 6. The Morgan fingerprint density at radius 3 is 2.12 bits per heavy atom. The fourth-order valence-electron chi connectivity index (χ4n) is 5.74. The summed E-state index contributed by atoms with van der Waals surface area (Å²) >= 11 is 0. The lowest BCUT2D eigenvalue weighted by Crippen LogP contribution is -2.70. The summed E-state index contributed by atoms with van der Waals surface area (Å²) in [4.78, 5) is 3.83. The van der Waals surface area contributed by atoms with Gasteiger partial charge in [0.2, 0.25) is 0 Å². The summed E-state index contributed by atoms with van der Waals surface area (Å²) in [7, 11) is 1.54. The molecule has 4 aliphatic rings. The zero-order chi connectivity index (χ0) is 29.5. The maximum absolute atomic E-state index is 11.2. The first-order valence-corrected chi connectivity index (χ1v) is 13.2. The van der Waals surface area contributed by atoms with Crippen molar-refractivity contribution in [2.45, 2.75) is 117 Å². The largest absolute Gasteiger partial charge is 0.394 e. The van der Waals surface area contributed by atoms with E-state index in [1.807, 2.05) is 0 Å². The van der Waals surface area contributed by atoms with Gasteiger partial charge in [-0.05, 0) is 19.9 Å². The molecule has 3 heterocycles. The number of aliphatic imine (C=N–C) groups is 1. The second kappa shape index (κ2) is 12.9. The Morgan fingerprint density at radius 2 is 1.50 bits per heavy atom. The monoisotopic (exact) mass is 581 g/mol. The van der Waals surface area contributed by atoms with Crippen LogP contribution in [0, 0.1) is 0 Å². The van der Waals surface area contributed by atoms with Crippen molar-refractivity contribution >= 4 is 5.96 Å². The van der Waals surface area contributed by atoms with Gasteiger partial charge < -0.3 is 88.3 Å². The SMILES string of the molecule is CNC1C(O[C@H]2OC(CO)[C@@H](N=C(N)N)[C@H](O)C2O)O[C@H]2CC(N)[C@@H](O[C@@H]3C(N)C[C@@H](N)C(O)[C@H]3O)OC2C1O. The smallest absolute Gasteiger partial charge is 0.189 e. The average Bonchev–Trinajstić information content (AvgIpc) is 2.90. The lowest BCUT2D eigenvalue weighted by atomic mass is 9.84. The van der Waals surface area contributed by atoms with Crippen LogP contribution < -0.4 is 34.0 Å². The number of guanidine groups is 1. The third-order valence-corrected chi connectivity index (χ3v) is 7.95. The van der Waals surface area contributed by atoms with Gasteiger partial charge in [0, 0.05) is 12.1 Å². The van der Waals surface area contributed by atoms with Crippen LogP contribution in [0.1, 0.15) is 12.8 Å².